The summed E-state index contributed by atoms with van der Waals surface area (Å²) in [5, 5.41) is 0. The van der Waals surface area contributed by atoms with Crippen molar-refractivity contribution >= 4 is 21.8 Å². The van der Waals surface area contributed by atoms with E-state index in [2.05, 4.69) is 15.9 Å². The van der Waals surface area contributed by atoms with Gasteiger partial charge in [0.2, 0.25) is 0 Å². The quantitative estimate of drug-likeness (QED) is 0.933. The van der Waals surface area contributed by atoms with Crippen LogP contribution in [0.4, 0.5) is 0 Å². The van der Waals surface area contributed by atoms with Crippen LogP contribution in [-0.2, 0) is 0 Å². The monoisotopic (exact) mass is 310 g/mol. The molecule has 4 heteroatoms. The molecule has 0 bridgehead atoms. The lowest BCUT2D eigenvalue weighted by Gasteiger charge is -2.32. The Hall–Kier alpha value is -0.870. The molecule has 0 spiro atoms. The van der Waals surface area contributed by atoms with Gasteiger partial charge in [-0.15, -0.1) is 0 Å². The smallest absolute Gasteiger partial charge is 0.253 e. The molecule has 0 aromatic heterocycles. The molecular weight excluding hydrogens is 292 g/mol. The van der Waals surface area contributed by atoms with Crippen LogP contribution in [0.2, 0.25) is 0 Å². The van der Waals surface area contributed by atoms with Crippen molar-refractivity contribution in [2.45, 2.75) is 19.3 Å². The van der Waals surface area contributed by atoms with Crippen LogP contribution in [0.5, 0.6) is 0 Å². The third-order valence-electron chi connectivity index (χ3n) is 3.57. The van der Waals surface area contributed by atoms with Crippen molar-refractivity contribution in [1.29, 1.82) is 0 Å². The number of halogens is 1. The molecule has 0 aliphatic carbocycles. The van der Waals surface area contributed by atoms with Crippen molar-refractivity contribution in [1.82, 2.24) is 4.90 Å². The molecule has 1 aliphatic rings. The van der Waals surface area contributed by atoms with Crippen LogP contribution >= 0.6 is 15.9 Å². The maximum absolute atomic E-state index is 12.3. The van der Waals surface area contributed by atoms with Gasteiger partial charge in [-0.1, -0.05) is 15.9 Å². The highest BCUT2D eigenvalue weighted by molar-refractivity contribution is 9.10. The van der Waals surface area contributed by atoms with Crippen LogP contribution in [0.15, 0.2) is 28.7 Å². The predicted octanol–water partition coefficient (Wildman–Crippen LogP) is 2.65. The lowest BCUT2D eigenvalue weighted by molar-refractivity contribution is 0.0688. The zero-order valence-electron chi connectivity index (χ0n) is 10.4. The van der Waals surface area contributed by atoms with Crippen molar-refractivity contribution in [2.75, 3.05) is 19.6 Å². The van der Waals surface area contributed by atoms with E-state index < -0.39 is 0 Å². The van der Waals surface area contributed by atoms with Gasteiger partial charge in [-0.3, -0.25) is 4.79 Å². The highest BCUT2D eigenvalue weighted by atomic mass is 79.9. The van der Waals surface area contributed by atoms with Crippen molar-refractivity contribution in [3.63, 3.8) is 0 Å². The second-order valence-electron chi connectivity index (χ2n) is 4.82. The molecule has 0 unspecified atom stereocenters. The average Bonchev–Trinajstić information content (AvgIpc) is 2.40. The van der Waals surface area contributed by atoms with Gasteiger partial charge in [0.25, 0.3) is 5.91 Å². The van der Waals surface area contributed by atoms with Crippen LogP contribution in [-0.4, -0.2) is 30.4 Å². The highest BCUT2D eigenvalue weighted by Gasteiger charge is 2.22. The summed E-state index contributed by atoms with van der Waals surface area (Å²) in [6.07, 6.45) is 3.25. The SMILES string of the molecule is NCCC1CCN(C(=O)c2ccc(Br)cc2)CC1. The van der Waals surface area contributed by atoms with Crippen LogP contribution in [0, 0.1) is 5.92 Å². The summed E-state index contributed by atoms with van der Waals surface area (Å²) in [6.45, 7) is 2.48. The summed E-state index contributed by atoms with van der Waals surface area (Å²) in [7, 11) is 0. The first-order valence-corrected chi connectivity index (χ1v) is 7.25. The van der Waals surface area contributed by atoms with Crippen LogP contribution in [0.1, 0.15) is 29.6 Å². The number of nitrogens with two attached hydrogens (primary N) is 1. The summed E-state index contributed by atoms with van der Waals surface area (Å²) in [6, 6.07) is 7.57. The Bertz CT molecular complexity index is 397. The van der Waals surface area contributed by atoms with E-state index in [0.717, 1.165) is 48.9 Å². The van der Waals surface area contributed by atoms with Gasteiger partial charge < -0.3 is 10.6 Å². The maximum Gasteiger partial charge on any atom is 0.253 e. The van der Waals surface area contributed by atoms with Gasteiger partial charge >= 0.3 is 0 Å². The van der Waals surface area contributed by atoms with E-state index in [1.54, 1.807) is 0 Å². The minimum atomic E-state index is 0.147. The molecule has 1 fully saturated rings. The van der Waals surface area contributed by atoms with Gasteiger partial charge in [-0.25, -0.2) is 0 Å². The molecule has 0 saturated carbocycles. The molecule has 2 rings (SSSR count). The number of rotatable bonds is 3. The third-order valence-corrected chi connectivity index (χ3v) is 4.10. The summed E-state index contributed by atoms with van der Waals surface area (Å²) in [5.41, 5.74) is 6.35. The van der Waals surface area contributed by atoms with Crippen LogP contribution in [0.25, 0.3) is 0 Å². The zero-order valence-corrected chi connectivity index (χ0v) is 12.0. The van der Waals surface area contributed by atoms with Gasteiger partial charge in [0.1, 0.15) is 0 Å². The fraction of sp³-hybridized carbons (Fsp3) is 0.500. The maximum atomic E-state index is 12.3. The zero-order chi connectivity index (χ0) is 13.0. The fourth-order valence-electron chi connectivity index (χ4n) is 2.44. The molecule has 1 amide bonds. The third kappa shape index (κ3) is 3.33. The van der Waals surface area contributed by atoms with E-state index in [1.165, 1.54) is 0 Å². The summed E-state index contributed by atoms with van der Waals surface area (Å²) in [5.74, 6) is 0.845. The standard InChI is InChI=1S/C14H19BrN2O/c15-13-3-1-12(2-4-13)14(18)17-9-6-11(5-8-16)7-10-17/h1-4,11H,5-10,16H2. The number of nitrogens with zero attached hydrogens (tertiary/aromatic N) is 1. The molecular formula is C14H19BrN2O. The van der Waals surface area contributed by atoms with Gasteiger partial charge in [-0.05, 0) is 56.0 Å². The predicted molar refractivity (Wildman–Crippen MR) is 76.4 cm³/mol. The van der Waals surface area contributed by atoms with Crippen molar-refractivity contribution in [2.24, 2.45) is 11.7 Å². The van der Waals surface area contributed by atoms with Gasteiger partial charge in [0, 0.05) is 23.1 Å². The molecule has 3 nitrogen and oxygen atoms in total. The Labute approximate surface area is 116 Å². The average molecular weight is 311 g/mol. The molecule has 0 atom stereocenters. The number of amides is 1. The van der Waals surface area contributed by atoms with Gasteiger partial charge in [-0.2, -0.15) is 0 Å². The molecule has 1 saturated heterocycles. The summed E-state index contributed by atoms with van der Waals surface area (Å²) >= 11 is 3.38. The Morgan fingerprint density at radius 1 is 1.28 bits per heavy atom. The number of carbonyl (C=O) groups excluding carboxylic acids is 1. The number of hydrogen-bond acceptors (Lipinski definition) is 2. The topological polar surface area (TPSA) is 46.3 Å². The summed E-state index contributed by atoms with van der Waals surface area (Å²) in [4.78, 5) is 14.2. The first-order valence-electron chi connectivity index (χ1n) is 6.45. The highest BCUT2D eigenvalue weighted by Crippen LogP contribution is 2.21. The number of hydrogen-bond donors (Lipinski definition) is 1. The molecule has 18 heavy (non-hydrogen) atoms. The molecule has 1 aromatic carbocycles. The lowest BCUT2D eigenvalue weighted by atomic mass is 9.93. The lowest BCUT2D eigenvalue weighted by Crippen LogP contribution is -2.38. The Morgan fingerprint density at radius 3 is 2.44 bits per heavy atom. The molecule has 98 valence electrons. The molecule has 1 heterocycles. The molecule has 1 aromatic rings. The van der Waals surface area contributed by atoms with E-state index >= 15 is 0 Å². The Morgan fingerprint density at radius 2 is 1.89 bits per heavy atom. The second kappa shape index (κ2) is 6.34. The first kappa shape index (κ1) is 13.6. The number of carbonyl (C=O) groups is 1. The van der Waals surface area contributed by atoms with Crippen molar-refractivity contribution in [3.05, 3.63) is 34.3 Å². The van der Waals surface area contributed by atoms with Crippen molar-refractivity contribution in [3.8, 4) is 0 Å². The van der Waals surface area contributed by atoms with Crippen LogP contribution in [0.3, 0.4) is 0 Å². The molecule has 0 radical (unpaired) electrons. The van der Waals surface area contributed by atoms with E-state index in [4.69, 9.17) is 5.73 Å². The Balaban J connectivity index is 1.93. The minimum absolute atomic E-state index is 0.147. The Kier molecular flexibility index (Phi) is 4.78. The van der Waals surface area contributed by atoms with Gasteiger partial charge in [0.15, 0.2) is 0 Å². The van der Waals surface area contributed by atoms with E-state index in [1.807, 2.05) is 29.2 Å². The van der Waals surface area contributed by atoms with E-state index in [0.29, 0.717) is 5.92 Å². The number of benzene rings is 1. The normalized spacial score (nSPS) is 16.9. The minimum Gasteiger partial charge on any atom is -0.339 e. The van der Waals surface area contributed by atoms with Crippen LogP contribution < -0.4 is 5.73 Å². The van der Waals surface area contributed by atoms with Crippen molar-refractivity contribution < 1.29 is 4.79 Å². The molecule has 1 aliphatic heterocycles. The first-order chi connectivity index (χ1) is 8.70. The molecule has 2 N–H and O–H groups in total. The fourth-order valence-corrected chi connectivity index (χ4v) is 2.70. The van der Waals surface area contributed by atoms with E-state index in [9.17, 15) is 4.79 Å². The van der Waals surface area contributed by atoms with Gasteiger partial charge in [0.05, 0.1) is 0 Å². The second-order valence-corrected chi connectivity index (χ2v) is 5.74. The largest absolute Gasteiger partial charge is 0.339 e. The van der Waals surface area contributed by atoms with E-state index in [-0.39, 0.29) is 5.91 Å². The number of piperidine rings is 1. The summed E-state index contributed by atoms with van der Waals surface area (Å²) < 4.78 is 1.00. The number of likely N-dealkylation sites (tertiary alicyclic amines) is 1.